The van der Waals surface area contributed by atoms with Crippen molar-refractivity contribution in [3.63, 3.8) is 0 Å². The molecule has 0 fully saturated rings. The van der Waals surface area contributed by atoms with Gasteiger partial charge >= 0.3 is 0 Å². The van der Waals surface area contributed by atoms with Crippen molar-refractivity contribution >= 4 is 11.8 Å². The molecule has 0 aliphatic heterocycles. The van der Waals surface area contributed by atoms with Crippen molar-refractivity contribution in [1.29, 1.82) is 0 Å². The molecule has 0 saturated carbocycles. The first-order chi connectivity index (χ1) is 7.11. The van der Waals surface area contributed by atoms with E-state index in [0.717, 1.165) is 12.3 Å². The van der Waals surface area contributed by atoms with Gasteiger partial charge in [-0.2, -0.15) is 11.8 Å². The molecular formula is C12H27NOS. The summed E-state index contributed by atoms with van der Waals surface area (Å²) in [5.41, 5.74) is 0. The van der Waals surface area contributed by atoms with Gasteiger partial charge in [-0.3, -0.25) is 0 Å². The van der Waals surface area contributed by atoms with E-state index in [-0.39, 0.29) is 6.10 Å². The molecule has 2 nitrogen and oxygen atoms in total. The van der Waals surface area contributed by atoms with Crippen LogP contribution in [0, 0.1) is 0 Å². The number of rotatable bonds is 9. The lowest BCUT2D eigenvalue weighted by Crippen LogP contribution is -2.28. The third-order valence-corrected chi connectivity index (χ3v) is 4.19. The molecule has 0 aliphatic carbocycles. The summed E-state index contributed by atoms with van der Waals surface area (Å²) in [6.07, 6.45) is 3.52. The van der Waals surface area contributed by atoms with Crippen LogP contribution < -0.4 is 5.32 Å². The van der Waals surface area contributed by atoms with E-state index < -0.39 is 0 Å². The lowest BCUT2D eigenvalue weighted by atomic mass is 10.1. The zero-order chi connectivity index (χ0) is 11.7. The van der Waals surface area contributed by atoms with Gasteiger partial charge < -0.3 is 10.4 Å². The van der Waals surface area contributed by atoms with Crippen molar-refractivity contribution in [2.45, 2.75) is 64.4 Å². The minimum Gasteiger partial charge on any atom is -0.392 e. The summed E-state index contributed by atoms with van der Waals surface area (Å²) in [6, 6.07) is 0.678. The molecule has 15 heavy (non-hydrogen) atoms. The SMILES string of the molecule is CCNC(CC)CCCSC(C)C(C)O. The van der Waals surface area contributed by atoms with Crippen molar-refractivity contribution in [3.8, 4) is 0 Å². The fraction of sp³-hybridized carbons (Fsp3) is 1.00. The van der Waals surface area contributed by atoms with Crippen molar-refractivity contribution in [2.24, 2.45) is 0 Å². The Morgan fingerprint density at radius 2 is 1.93 bits per heavy atom. The Hall–Kier alpha value is 0.270. The second kappa shape index (κ2) is 9.49. The summed E-state index contributed by atoms with van der Waals surface area (Å²) < 4.78 is 0. The molecule has 0 aliphatic rings. The summed E-state index contributed by atoms with van der Waals surface area (Å²) in [4.78, 5) is 0. The molecule has 92 valence electrons. The fourth-order valence-corrected chi connectivity index (χ4v) is 2.46. The minimum absolute atomic E-state index is 0.189. The summed E-state index contributed by atoms with van der Waals surface area (Å²) in [7, 11) is 0. The first kappa shape index (κ1) is 15.3. The molecular weight excluding hydrogens is 206 g/mol. The summed E-state index contributed by atoms with van der Waals surface area (Å²) in [5.74, 6) is 1.16. The molecule has 2 N–H and O–H groups in total. The first-order valence-corrected chi connectivity index (χ1v) is 7.19. The molecule has 0 amide bonds. The zero-order valence-corrected chi connectivity index (χ0v) is 11.4. The van der Waals surface area contributed by atoms with E-state index in [1.54, 1.807) is 0 Å². The van der Waals surface area contributed by atoms with Gasteiger partial charge in [0.1, 0.15) is 0 Å². The van der Waals surface area contributed by atoms with Gasteiger partial charge in [-0.15, -0.1) is 0 Å². The van der Waals surface area contributed by atoms with Gasteiger partial charge in [0.05, 0.1) is 6.10 Å². The summed E-state index contributed by atoms with van der Waals surface area (Å²) in [5, 5.41) is 13.2. The lowest BCUT2D eigenvalue weighted by molar-refractivity contribution is 0.196. The van der Waals surface area contributed by atoms with E-state index >= 15 is 0 Å². The van der Waals surface area contributed by atoms with Crippen LogP contribution >= 0.6 is 11.8 Å². The number of thioether (sulfide) groups is 1. The highest BCUT2D eigenvalue weighted by Gasteiger charge is 2.09. The highest BCUT2D eigenvalue weighted by atomic mass is 32.2. The Morgan fingerprint density at radius 3 is 2.40 bits per heavy atom. The molecule has 3 unspecified atom stereocenters. The topological polar surface area (TPSA) is 32.3 Å². The Labute approximate surface area is 99.2 Å². The highest BCUT2D eigenvalue weighted by Crippen LogP contribution is 2.16. The van der Waals surface area contributed by atoms with Crippen LogP contribution in [0.1, 0.15) is 47.0 Å². The van der Waals surface area contributed by atoms with E-state index in [0.29, 0.717) is 11.3 Å². The Morgan fingerprint density at radius 1 is 1.27 bits per heavy atom. The predicted molar refractivity (Wildman–Crippen MR) is 70.6 cm³/mol. The molecule has 0 saturated heterocycles. The van der Waals surface area contributed by atoms with E-state index in [4.69, 9.17) is 0 Å². The van der Waals surface area contributed by atoms with Gasteiger partial charge in [-0.1, -0.05) is 20.8 Å². The minimum atomic E-state index is -0.189. The largest absolute Gasteiger partial charge is 0.392 e. The molecule has 0 bridgehead atoms. The van der Waals surface area contributed by atoms with Crippen LogP contribution in [0.4, 0.5) is 0 Å². The molecule has 3 heteroatoms. The van der Waals surface area contributed by atoms with Gasteiger partial charge in [0.25, 0.3) is 0 Å². The van der Waals surface area contributed by atoms with E-state index in [2.05, 4.69) is 26.1 Å². The number of hydrogen-bond acceptors (Lipinski definition) is 3. The molecule has 0 aromatic rings. The normalized spacial score (nSPS) is 17.4. The van der Waals surface area contributed by atoms with Crippen molar-refractivity contribution in [1.82, 2.24) is 5.32 Å². The standard InChI is InChI=1S/C12H27NOS/c1-5-12(13-6-2)8-7-9-15-11(4)10(3)14/h10-14H,5-9H2,1-4H3. The molecule has 0 aromatic heterocycles. The number of nitrogens with one attached hydrogen (secondary N) is 1. The zero-order valence-electron chi connectivity index (χ0n) is 10.6. The van der Waals surface area contributed by atoms with Crippen LogP contribution in [-0.2, 0) is 0 Å². The average Bonchev–Trinajstić information content (AvgIpc) is 2.22. The third-order valence-electron chi connectivity index (χ3n) is 2.74. The van der Waals surface area contributed by atoms with E-state index in [1.807, 2.05) is 18.7 Å². The predicted octanol–water partition coefficient (Wildman–Crippen LogP) is 2.66. The van der Waals surface area contributed by atoms with Crippen LogP contribution in [-0.4, -0.2) is 34.8 Å². The van der Waals surface area contributed by atoms with Gasteiger partial charge in [0.15, 0.2) is 0 Å². The van der Waals surface area contributed by atoms with Crippen LogP contribution in [0.15, 0.2) is 0 Å². The monoisotopic (exact) mass is 233 g/mol. The maximum Gasteiger partial charge on any atom is 0.0627 e. The molecule has 0 spiro atoms. The lowest BCUT2D eigenvalue weighted by Gasteiger charge is -2.17. The molecule has 0 heterocycles. The quantitative estimate of drug-likeness (QED) is 0.601. The maximum absolute atomic E-state index is 9.33. The maximum atomic E-state index is 9.33. The fourth-order valence-electron chi connectivity index (χ4n) is 1.48. The van der Waals surface area contributed by atoms with Gasteiger partial charge in [-0.05, 0) is 38.5 Å². The van der Waals surface area contributed by atoms with E-state index in [9.17, 15) is 5.11 Å². The van der Waals surface area contributed by atoms with Gasteiger partial charge in [-0.25, -0.2) is 0 Å². The average molecular weight is 233 g/mol. The Kier molecular flexibility index (Phi) is 9.66. The van der Waals surface area contributed by atoms with Crippen LogP contribution in [0.2, 0.25) is 0 Å². The first-order valence-electron chi connectivity index (χ1n) is 6.14. The van der Waals surface area contributed by atoms with Crippen molar-refractivity contribution in [2.75, 3.05) is 12.3 Å². The van der Waals surface area contributed by atoms with Crippen LogP contribution in [0.25, 0.3) is 0 Å². The smallest absolute Gasteiger partial charge is 0.0627 e. The molecule has 0 rings (SSSR count). The second-order valence-electron chi connectivity index (χ2n) is 4.12. The summed E-state index contributed by atoms with van der Waals surface area (Å²) in [6.45, 7) is 9.42. The highest BCUT2D eigenvalue weighted by molar-refractivity contribution is 7.99. The van der Waals surface area contributed by atoms with Crippen LogP contribution in [0.3, 0.4) is 0 Å². The van der Waals surface area contributed by atoms with Gasteiger partial charge in [0.2, 0.25) is 0 Å². The molecule has 0 radical (unpaired) electrons. The Bertz CT molecular complexity index is 142. The number of hydrogen-bond donors (Lipinski definition) is 2. The summed E-state index contributed by atoms with van der Waals surface area (Å²) >= 11 is 1.88. The molecule has 0 aromatic carbocycles. The van der Waals surface area contributed by atoms with Crippen LogP contribution in [0.5, 0.6) is 0 Å². The molecule has 3 atom stereocenters. The number of aliphatic hydroxyl groups is 1. The van der Waals surface area contributed by atoms with Gasteiger partial charge in [0, 0.05) is 11.3 Å². The number of aliphatic hydroxyl groups excluding tert-OH is 1. The second-order valence-corrected chi connectivity index (χ2v) is 5.61. The van der Waals surface area contributed by atoms with E-state index in [1.165, 1.54) is 19.3 Å². The van der Waals surface area contributed by atoms with Crippen molar-refractivity contribution < 1.29 is 5.11 Å². The third kappa shape index (κ3) is 8.12. The Balaban J connectivity index is 3.43. The van der Waals surface area contributed by atoms with Crippen molar-refractivity contribution in [3.05, 3.63) is 0 Å².